The van der Waals surface area contributed by atoms with Crippen molar-refractivity contribution < 1.29 is 42.2 Å². The third-order valence-electron chi connectivity index (χ3n) is 5.93. The van der Waals surface area contributed by atoms with Crippen LogP contribution in [-0.2, 0) is 37.5 Å². The van der Waals surface area contributed by atoms with Gasteiger partial charge in [-0.25, -0.2) is 0 Å². The van der Waals surface area contributed by atoms with E-state index in [1.807, 2.05) is 26.0 Å². The molecule has 1 aliphatic rings. The van der Waals surface area contributed by atoms with E-state index in [0.717, 1.165) is 29.0 Å². The second-order valence-corrected chi connectivity index (χ2v) is 12.0. The van der Waals surface area contributed by atoms with Crippen LogP contribution in [0.5, 0.6) is 5.75 Å². The van der Waals surface area contributed by atoms with Crippen LogP contribution in [0.4, 0.5) is 5.69 Å². The molecule has 5 heteroatoms. The number of methoxy groups -OCH3 is 1. The van der Waals surface area contributed by atoms with Gasteiger partial charge in [-0.3, -0.25) is 4.79 Å². The normalized spacial score (nSPS) is 17.6. The minimum atomic E-state index is -1.20. The largest absolute Gasteiger partial charge is 0.497 e. The van der Waals surface area contributed by atoms with Gasteiger partial charge in [0.15, 0.2) is 0 Å². The van der Waals surface area contributed by atoms with Gasteiger partial charge >= 0.3 is 0 Å². The molecule has 1 N–H and O–H groups in total. The molecule has 143 valence electrons. The summed E-state index contributed by atoms with van der Waals surface area (Å²) >= 11 is 0. The quantitative estimate of drug-likeness (QED) is 0.567. The van der Waals surface area contributed by atoms with Crippen molar-refractivity contribution in [2.45, 2.75) is 65.5 Å². The summed E-state index contributed by atoms with van der Waals surface area (Å²) in [4.78, 5) is 13.3. The monoisotopic (exact) mass is 453 g/mol. The van der Waals surface area contributed by atoms with Crippen molar-refractivity contribution in [3.05, 3.63) is 23.3 Å². The molecule has 1 amide bonds. The molecule has 0 spiro atoms. The first kappa shape index (κ1) is 24.1. The minimum Gasteiger partial charge on any atom is -0.497 e. The zero-order valence-corrected chi connectivity index (χ0v) is 21.0. The van der Waals surface area contributed by atoms with Gasteiger partial charge in [0.2, 0.25) is 0 Å². The van der Waals surface area contributed by atoms with E-state index in [0.29, 0.717) is 0 Å². The van der Waals surface area contributed by atoms with Gasteiger partial charge in [0.05, 0.1) is 25.6 Å². The van der Waals surface area contributed by atoms with Crippen LogP contribution in [0.25, 0.3) is 0 Å². The summed E-state index contributed by atoms with van der Waals surface area (Å²) in [7, 11) is 0.482. The van der Waals surface area contributed by atoms with Gasteiger partial charge in [0, 0.05) is 45.7 Å². The van der Waals surface area contributed by atoms with E-state index in [1.54, 1.807) is 7.11 Å². The Bertz CT molecular complexity index is 575. The molecule has 0 saturated carbocycles. The predicted octanol–water partition coefficient (Wildman–Crippen LogP) is 5.64. The van der Waals surface area contributed by atoms with Crippen molar-refractivity contribution in [1.29, 1.82) is 0 Å². The second kappa shape index (κ2) is 11.1. The summed E-state index contributed by atoms with van der Waals surface area (Å²) in [6.45, 7) is 8.60. The van der Waals surface area contributed by atoms with E-state index in [-0.39, 0.29) is 44.3 Å². The molecule has 0 aliphatic carbocycles. The minimum absolute atomic E-state index is 0. The summed E-state index contributed by atoms with van der Waals surface area (Å²) in [5, 5.41) is 3.29. The molecule has 0 bridgehead atoms. The molecule has 1 aromatic rings. The maximum absolute atomic E-state index is 13.3. The Morgan fingerprint density at radius 3 is 2.08 bits per heavy atom. The topological polar surface area (TPSA) is 38.3 Å². The Balaban J connectivity index is 0.00000338. The molecule has 26 heavy (non-hydrogen) atoms. The Morgan fingerprint density at radius 1 is 1.12 bits per heavy atom. The molecule has 1 aliphatic heterocycles. The molecule has 1 radical (unpaired) electrons. The molecule has 1 unspecified atom stereocenters. The first-order chi connectivity index (χ1) is 12.0. The molecule has 1 atom stereocenters. The first-order valence-corrected chi connectivity index (χ1v) is 12.2. The van der Waals surface area contributed by atoms with Crippen LogP contribution >= 0.6 is 7.26 Å². The van der Waals surface area contributed by atoms with Crippen molar-refractivity contribution in [2.24, 2.45) is 0 Å². The van der Waals surface area contributed by atoms with E-state index in [9.17, 15) is 4.79 Å². The number of benzene rings is 1. The number of aryl methyl sites for hydroxylation is 2. The number of nitrogens with one attached hydrogen (secondary N) is 1. The standard InChI is InChI=1S/C21H34NO2P.Y/c1-6-19(25(7-2)12-10-8-9-11-13-25)21(23)22-20-16(3)14-18(24-5)15-17(20)4;/h14-15,19H,6-13H2,1-5H3;/p+1. The van der Waals surface area contributed by atoms with Crippen molar-refractivity contribution in [3.63, 3.8) is 0 Å². The zero-order valence-electron chi connectivity index (χ0n) is 17.2. The predicted molar refractivity (Wildman–Crippen MR) is 111 cm³/mol. The van der Waals surface area contributed by atoms with Gasteiger partial charge in [-0.1, -0.05) is 6.92 Å². The molecular weight excluding hydrogens is 418 g/mol. The number of carbonyl (C=O) groups is 1. The number of anilines is 1. The van der Waals surface area contributed by atoms with E-state index >= 15 is 0 Å². The molecule has 2 rings (SSSR count). The third-order valence-corrected chi connectivity index (χ3v) is 11.5. The van der Waals surface area contributed by atoms with Crippen LogP contribution in [0.2, 0.25) is 0 Å². The molecular formula is C21H35NO2PY+. The van der Waals surface area contributed by atoms with Gasteiger partial charge in [-0.15, -0.1) is 0 Å². The van der Waals surface area contributed by atoms with Crippen LogP contribution in [-0.4, -0.2) is 37.2 Å². The summed E-state index contributed by atoms with van der Waals surface area (Å²) in [5.41, 5.74) is 3.32. The number of amides is 1. The Labute approximate surface area is 185 Å². The number of ether oxygens (including phenoxy) is 1. The Hall–Kier alpha value is 0.0239. The van der Waals surface area contributed by atoms with Gasteiger partial charge in [0.25, 0.3) is 5.91 Å². The fourth-order valence-corrected chi connectivity index (χ4v) is 9.40. The van der Waals surface area contributed by atoms with Crippen molar-refractivity contribution >= 4 is 18.9 Å². The fraction of sp³-hybridized carbons (Fsp3) is 0.667. The molecule has 3 nitrogen and oxygen atoms in total. The third kappa shape index (κ3) is 5.52. The van der Waals surface area contributed by atoms with Crippen LogP contribution in [0, 0.1) is 13.8 Å². The summed E-state index contributed by atoms with van der Waals surface area (Å²) in [6, 6.07) is 4.00. The Kier molecular flexibility index (Phi) is 10.3. The average molecular weight is 453 g/mol. The SMILES string of the molecule is CCC(C(=O)Nc1c(C)cc(OC)cc1C)[P+]1(CC)CCCCCC1.[Y]. The van der Waals surface area contributed by atoms with Gasteiger partial charge in [-0.2, -0.15) is 0 Å². The molecule has 1 saturated heterocycles. The summed E-state index contributed by atoms with van der Waals surface area (Å²) < 4.78 is 5.34. The van der Waals surface area contributed by atoms with E-state index < -0.39 is 7.26 Å². The van der Waals surface area contributed by atoms with Crippen molar-refractivity contribution in [2.75, 3.05) is 30.9 Å². The molecule has 1 heterocycles. The summed E-state index contributed by atoms with van der Waals surface area (Å²) in [6.07, 6.45) is 10.1. The molecule has 0 aromatic heterocycles. The maximum Gasteiger partial charge on any atom is 0.265 e. The number of carbonyl (C=O) groups excluding carboxylic acids is 1. The van der Waals surface area contributed by atoms with Crippen LogP contribution in [0.15, 0.2) is 12.1 Å². The van der Waals surface area contributed by atoms with Crippen molar-refractivity contribution in [1.82, 2.24) is 0 Å². The summed E-state index contributed by atoms with van der Waals surface area (Å²) in [5.74, 6) is 1.09. The van der Waals surface area contributed by atoms with Crippen LogP contribution in [0.1, 0.15) is 57.1 Å². The smallest absolute Gasteiger partial charge is 0.265 e. The van der Waals surface area contributed by atoms with Gasteiger partial charge in [0.1, 0.15) is 11.4 Å². The second-order valence-electron chi connectivity index (χ2n) is 7.45. The van der Waals surface area contributed by atoms with Crippen LogP contribution < -0.4 is 10.1 Å². The Morgan fingerprint density at radius 2 is 1.65 bits per heavy atom. The van der Waals surface area contributed by atoms with Gasteiger partial charge < -0.3 is 10.1 Å². The van der Waals surface area contributed by atoms with E-state index in [2.05, 4.69) is 19.2 Å². The number of hydrogen-bond donors (Lipinski definition) is 1. The maximum atomic E-state index is 13.3. The molecule has 1 fully saturated rings. The molecule has 1 aromatic carbocycles. The number of rotatable bonds is 6. The number of hydrogen-bond acceptors (Lipinski definition) is 2. The van der Waals surface area contributed by atoms with E-state index in [1.165, 1.54) is 44.2 Å². The van der Waals surface area contributed by atoms with Gasteiger partial charge in [-0.05, 0) is 76.1 Å². The zero-order chi connectivity index (χ0) is 18.4. The fourth-order valence-electron chi connectivity index (χ4n) is 4.43. The first-order valence-electron chi connectivity index (χ1n) is 9.79. The van der Waals surface area contributed by atoms with Crippen molar-refractivity contribution in [3.8, 4) is 5.75 Å². The van der Waals surface area contributed by atoms with Crippen LogP contribution in [0.3, 0.4) is 0 Å². The van der Waals surface area contributed by atoms with E-state index in [4.69, 9.17) is 4.74 Å². The average Bonchev–Trinajstić information content (AvgIpc) is 2.85.